The van der Waals surface area contributed by atoms with Crippen LogP contribution < -0.4 is 5.32 Å². The van der Waals surface area contributed by atoms with Gasteiger partial charge in [0.05, 0.1) is 5.56 Å². The van der Waals surface area contributed by atoms with E-state index in [2.05, 4.69) is 17.2 Å². The zero-order chi connectivity index (χ0) is 12.7. The van der Waals surface area contributed by atoms with Crippen LogP contribution in [0.5, 0.6) is 5.75 Å². The van der Waals surface area contributed by atoms with Crippen LogP contribution in [0, 0.1) is 11.8 Å². The van der Waals surface area contributed by atoms with Gasteiger partial charge in [-0.05, 0) is 25.2 Å². The molecule has 1 aromatic carbocycles. The molecule has 0 amide bonds. The largest absolute Gasteiger partial charge is 0.507 e. The van der Waals surface area contributed by atoms with Gasteiger partial charge in [0, 0.05) is 24.9 Å². The van der Waals surface area contributed by atoms with E-state index in [1.54, 1.807) is 19.1 Å². The second kappa shape index (κ2) is 6.72. The maximum atomic E-state index is 11.5. The Hall–Kier alpha value is -1.79. The van der Waals surface area contributed by atoms with Crippen LogP contribution in [-0.2, 0) is 0 Å². The first kappa shape index (κ1) is 13.3. The summed E-state index contributed by atoms with van der Waals surface area (Å²) >= 11 is 0. The van der Waals surface area contributed by atoms with Gasteiger partial charge < -0.3 is 10.4 Å². The SMILES string of the molecule is CCC(=O)c1cc(C#CCCNC)ccc1O. The van der Waals surface area contributed by atoms with Gasteiger partial charge in [0.25, 0.3) is 0 Å². The van der Waals surface area contributed by atoms with Crippen molar-refractivity contribution >= 4 is 5.78 Å². The second-order valence-corrected chi connectivity index (χ2v) is 3.66. The molecule has 0 bridgehead atoms. The van der Waals surface area contributed by atoms with Crippen molar-refractivity contribution in [2.24, 2.45) is 0 Å². The van der Waals surface area contributed by atoms with Crippen LogP contribution in [-0.4, -0.2) is 24.5 Å². The molecule has 3 heteroatoms. The highest BCUT2D eigenvalue weighted by Crippen LogP contribution is 2.19. The minimum absolute atomic E-state index is 0.0256. The standard InChI is InChI=1S/C14H17NO2/c1-3-13(16)12-10-11(7-8-14(12)17)6-4-5-9-15-2/h7-8,10,15,17H,3,5,9H2,1-2H3. The molecule has 90 valence electrons. The fourth-order valence-electron chi connectivity index (χ4n) is 1.38. The first-order chi connectivity index (χ1) is 8.19. The Morgan fingerprint density at radius 1 is 1.47 bits per heavy atom. The van der Waals surface area contributed by atoms with E-state index in [1.165, 1.54) is 6.07 Å². The van der Waals surface area contributed by atoms with Crippen molar-refractivity contribution in [3.05, 3.63) is 29.3 Å². The molecule has 0 aliphatic carbocycles. The summed E-state index contributed by atoms with van der Waals surface area (Å²) in [5, 5.41) is 12.6. The zero-order valence-electron chi connectivity index (χ0n) is 10.2. The maximum Gasteiger partial charge on any atom is 0.166 e. The third kappa shape index (κ3) is 3.93. The molecule has 2 N–H and O–H groups in total. The van der Waals surface area contributed by atoms with Crippen molar-refractivity contribution in [3.8, 4) is 17.6 Å². The van der Waals surface area contributed by atoms with Crippen molar-refractivity contribution in [2.75, 3.05) is 13.6 Å². The van der Waals surface area contributed by atoms with Crippen LogP contribution in [0.2, 0.25) is 0 Å². The van der Waals surface area contributed by atoms with Crippen LogP contribution in [0.15, 0.2) is 18.2 Å². The van der Waals surface area contributed by atoms with Crippen LogP contribution in [0.1, 0.15) is 35.7 Å². The number of carbonyl (C=O) groups excluding carboxylic acids is 1. The highest BCUT2D eigenvalue weighted by molar-refractivity contribution is 5.98. The molecule has 0 saturated heterocycles. The van der Waals surface area contributed by atoms with E-state index in [0.717, 1.165) is 18.5 Å². The van der Waals surface area contributed by atoms with Crippen molar-refractivity contribution in [1.82, 2.24) is 5.32 Å². The van der Waals surface area contributed by atoms with Crippen LogP contribution in [0.25, 0.3) is 0 Å². The topological polar surface area (TPSA) is 49.3 Å². The summed E-state index contributed by atoms with van der Waals surface area (Å²) in [4.78, 5) is 11.5. The summed E-state index contributed by atoms with van der Waals surface area (Å²) in [6.07, 6.45) is 1.14. The zero-order valence-corrected chi connectivity index (χ0v) is 10.2. The van der Waals surface area contributed by atoms with E-state index in [0.29, 0.717) is 12.0 Å². The number of benzene rings is 1. The number of rotatable bonds is 4. The smallest absolute Gasteiger partial charge is 0.166 e. The normalized spacial score (nSPS) is 9.53. The van der Waals surface area contributed by atoms with E-state index in [9.17, 15) is 9.90 Å². The maximum absolute atomic E-state index is 11.5. The molecule has 0 unspecified atom stereocenters. The Morgan fingerprint density at radius 2 is 2.24 bits per heavy atom. The van der Waals surface area contributed by atoms with Crippen molar-refractivity contribution < 1.29 is 9.90 Å². The third-order valence-corrected chi connectivity index (χ3v) is 2.35. The number of carbonyl (C=O) groups is 1. The Kier molecular flexibility index (Phi) is 5.25. The van der Waals surface area contributed by atoms with Gasteiger partial charge in [-0.1, -0.05) is 18.8 Å². The molecular weight excluding hydrogens is 214 g/mol. The predicted molar refractivity (Wildman–Crippen MR) is 68.2 cm³/mol. The lowest BCUT2D eigenvalue weighted by Gasteiger charge is -2.02. The summed E-state index contributed by atoms with van der Waals surface area (Å²) in [6, 6.07) is 4.88. The Labute approximate surface area is 102 Å². The highest BCUT2D eigenvalue weighted by atomic mass is 16.3. The monoisotopic (exact) mass is 231 g/mol. The molecule has 0 saturated carbocycles. The fraction of sp³-hybridized carbons (Fsp3) is 0.357. The highest BCUT2D eigenvalue weighted by Gasteiger charge is 2.08. The number of ketones is 1. The van der Waals surface area contributed by atoms with Gasteiger partial charge in [0.2, 0.25) is 0 Å². The van der Waals surface area contributed by atoms with E-state index in [-0.39, 0.29) is 11.5 Å². The van der Waals surface area contributed by atoms with E-state index in [4.69, 9.17) is 0 Å². The molecule has 0 aromatic heterocycles. The van der Waals surface area contributed by atoms with Gasteiger partial charge in [-0.2, -0.15) is 0 Å². The molecule has 0 aliphatic heterocycles. The van der Waals surface area contributed by atoms with Gasteiger partial charge in [0.1, 0.15) is 5.75 Å². The molecule has 0 radical (unpaired) electrons. The molecule has 17 heavy (non-hydrogen) atoms. The lowest BCUT2D eigenvalue weighted by atomic mass is 10.0. The molecule has 1 aromatic rings. The average molecular weight is 231 g/mol. The summed E-state index contributed by atoms with van der Waals surface area (Å²) in [5.74, 6) is 5.93. The Balaban J connectivity index is 2.87. The quantitative estimate of drug-likeness (QED) is 0.473. The van der Waals surface area contributed by atoms with E-state index < -0.39 is 0 Å². The summed E-state index contributed by atoms with van der Waals surface area (Å²) < 4.78 is 0. The van der Waals surface area contributed by atoms with E-state index in [1.807, 2.05) is 7.05 Å². The molecule has 3 nitrogen and oxygen atoms in total. The molecular formula is C14H17NO2. The fourth-order valence-corrected chi connectivity index (χ4v) is 1.38. The number of hydrogen-bond acceptors (Lipinski definition) is 3. The van der Waals surface area contributed by atoms with Gasteiger partial charge in [-0.25, -0.2) is 0 Å². The van der Waals surface area contributed by atoms with Crippen molar-refractivity contribution in [3.63, 3.8) is 0 Å². The summed E-state index contributed by atoms with van der Waals surface area (Å²) in [6.45, 7) is 2.61. The predicted octanol–water partition coefficient (Wildman–Crippen LogP) is 1.95. The number of aromatic hydroxyl groups is 1. The molecule has 0 atom stereocenters. The summed E-state index contributed by atoms with van der Waals surface area (Å²) in [7, 11) is 1.88. The van der Waals surface area contributed by atoms with Gasteiger partial charge >= 0.3 is 0 Å². The number of phenols is 1. The Morgan fingerprint density at radius 3 is 2.88 bits per heavy atom. The van der Waals surface area contributed by atoms with Gasteiger partial charge in [-0.15, -0.1) is 0 Å². The Bertz CT molecular complexity index is 455. The number of hydrogen-bond donors (Lipinski definition) is 2. The van der Waals surface area contributed by atoms with Crippen LogP contribution >= 0.6 is 0 Å². The molecule has 0 fully saturated rings. The first-order valence-corrected chi connectivity index (χ1v) is 5.68. The number of Topliss-reactive ketones (excluding diaryl/α,β-unsaturated/α-hetero) is 1. The number of phenolic OH excluding ortho intramolecular Hbond substituents is 1. The summed E-state index contributed by atoms with van der Waals surface area (Å²) in [5.41, 5.74) is 1.11. The van der Waals surface area contributed by atoms with Gasteiger partial charge in [0.15, 0.2) is 5.78 Å². The lowest BCUT2D eigenvalue weighted by Crippen LogP contribution is -2.05. The second-order valence-electron chi connectivity index (χ2n) is 3.66. The first-order valence-electron chi connectivity index (χ1n) is 5.68. The molecule has 1 rings (SSSR count). The molecule has 0 spiro atoms. The minimum atomic E-state index is -0.0682. The van der Waals surface area contributed by atoms with Crippen molar-refractivity contribution in [2.45, 2.75) is 19.8 Å². The molecule has 0 aliphatic rings. The van der Waals surface area contributed by atoms with Crippen LogP contribution in [0.3, 0.4) is 0 Å². The third-order valence-electron chi connectivity index (χ3n) is 2.35. The minimum Gasteiger partial charge on any atom is -0.507 e. The lowest BCUT2D eigenvalue weighted by molar-refractivity contribution is 0.0985. The van der Waals surface area contributed by atoms with Crippen molar-refractivity contribution in [1.29, 1.82) is 0 Å². The van der Waals surface area contributed by atoms with Crippen LogP contribution in [0.4, 0.5) is 0 Å². The average Bonchev–Trinajstić information content (AvgIpc) is 2.35. The number of nitrogens with one attached hydrogen (secondary N) is 1. The molecule has 0 heterocycles. The van der Waals surface area contributed by atoms with E-state index >= 15 is 0 Å². The van der Waals surface area contributed by atoms with Gasteiger partial charge in [-0.3, -0.25) is 4.79 Å².